The van der Waals surface area contributed by atoms with E-state index < -0.39 is 0 Å². The number of rotatable bonds is 5. The van der Waals surface area contributed by atoms with Gasteiger partial charge in [0, 0.05) is 13.1 Å². The van der Waals surface area contributed by atoms with E-state index in [1.54, 1.807) is 0 Å². The largest absolute Gasteiger partial charge is 0.299 e. The second kappa shape index (κ2) is 6.86. The van der Waals surface area contributed by atoms with Crippen LogP contribution in [0.1, 0.15) is 31.4 Å². The number of benzene rings is 1. The molecule has 0 radical (unpaired) electrons. The standard InChI is InChI=1S/C16H25N3O/c1-12(2)14-7-8-19(10-14)11-15-6-4-3-5-13(15)9-16(20)18-17/h3-6,12,14H,7-11,17H2,1-2H3,(H,18,20). The molecule has 0 saturated carbocycles. The lowest BCUT2D eigenvalue weighted by Gasteiger charge is -2.19. The number of carbonyl (C=O) groups excluding carboxylic acids is 1. The van der Waals surface area contributed by atoms with Crippen LogP contribution in [0.2, 0.25) is 0 Å². The third kappa shape index (κ3) is 3.81. The molecule has 1 fully saturated rings. The van der Waals surface area contributed by atoms with Gasteiger partial charge in [-0.25, -0.2) is 5.84 Å². The van der Waals surface area contributed by atoms with E-state index in [1.165, 1.54) is 12.0 Å². The van der Waals surface area contributed by atoms with Gasteiger partial charge in [0.05, 0.1) is 6.42 Å². The smallest absolute Gasteiger partial charge is 0.238 e. The third-order valence-electron chi connectivity index (χ3n) is 4.28. The van der Waals surface area contributed by atoms with Crippen molar-refractivity contribution in [2.75, 3.05) is 13.1 Å². The van der Waals surface area contributed by atoms with Crippen molar-refractivity contribution < 1.29 is 4.79 Å². The maximum absolute atomic E-state index is 11.5. The fourth-order valence-electron chi connectivity index (χ4n) is 2.90. The van der Waals surface area contributed by atoms with Crippen molar-refractivity contribution in [1.82, 2.24) is 10.3 Å². The van der Waals surface area contributed by atoms with Crippen molar-refractivity contribution in [3.05, 3.63) is 35.4 Å². The lowest BCUT2D eigenvalue weighted by Crippen LogP contribution is -2.32. The van der Waals surface area contributed by atoms with Gasteiger partial charge in [0.15, 0.2) is 0 Å². The highest BCUT2D eigenvalue weighted by molar-refractivity contribution is 5.78. The number of likely N-dealkylation sites (tertiary alicyclic amines) is 1. The molecule has 4 nitrogen and oxygen atoms in total. The van der Waals surface area contributed by atoms with E-state index in [0.717, 1.165) is 37.0 Å². The molecule has 1 heterocycles. The lowest BCUT2D eigenvalue weighted by atomic mass is 9.95. The van der Waals surface area contributed by atoms with Crippen molar-refractivity contribution in [1.29, 1.82) is 0 Å². The van der Waals surface area contributed by atoms with Crippen LogP contribution in [-0.4, -0.2) is 23.9 Å². The van der Waals surface area contributed by atoms with Crippen LogP contribution in [0.15, 0.2) is 24.3 Å². The Bertz CT molecular complexity index is 459. The summed E-state index contributed by atoms with van der Waals surface area (Å²) in [6.07, 6.45) is 1.64. The Kier molecular flexibility index (Phi) is 5.15. The Morgan fingerprint density at radius 2 is 2.10 bits per heavy atom. The molecule has 0 bridgehead atoms. The lowest BCUT2D eigenvalue weighted by molar-refractivity contribution is -0.120. The number of nitrogens with one attached hydrogen (secondary N) is 1. The first-order chi connectivity index (χ1) is 9.60. The molecular formula is C16H25N3O. The minimum absolute atomic E-state index is 0.140. The molecule has 0 spiro atoms. The van der Waals surface area contributed by atoms with Crippen molar-refractivity contribution in [2.24, 2.45) is 17.7 Å². The van der Waals surface area contributed by atoms with Gasteiger partial charge in [0.25, 0.3) is 0 Å². The maximum atomic E-state index is 11.5. The summed E-state index contributed by atoms with van der Waals surface area (Å²) in [6.45, 7) is 7.84. The number of nitrogens with two attached hydrogens (primary N) is 1. The van der Waals surface area contributed by atoms with Crippen LogP contribution >= 0.6 is 0 Å². The molecule has 2 rings (SSSR count). The summed E-state index contributed by atoms with van der Waals surface area (Å²) < 4.78 is 0. The second-order valence-corrected chi connectivity index (χ2v) is 6.04. The number of hydrazine groups is 1. The molecule has 3 N–H and O–H groups in total. The quantitative estimate of drug-likeness (QED) is 0.488. The van der Waals surface area contributed by atoms with E-state index in [1.807, 2.05) is 18.2 Å². The topological polar surface area (TPSA) is 58.4 Å². The van der Waals surface area contributed by atoms with E-state index in [2.05, 4.69) is 30.2 Å². The first-order valence-electron chi connectivity index (χ1n) is 7.38. The molecule has 1 aliphatic heterocycles. The Labute approximate surface area is 121 Å². The van der Waals surface area contributed by atoms with E-state index in [4.69, 9.17) is 5.84 Å². The van der Waals surface area contributed by atoms with E-state index in [-0.39, 0.29) is 5.91 Å². The van der Waals surface area contributed by atoms with Gasteiger partial charge >= 0.3 is 0 Å². The number of hydrogen-bond donors (Lipinski definition) is 2. The predicted molar refractivity (Wildman–Crippen MR) is 80.7 cm³/mol. The Balaban J connectivity index is 2.01. The molecule has 4 heteroatoms. The van der Waals surface area contributed by atoms with Crippen molar-refractivity contribution in [3.63, 3.8) is 0 Å². The molecule has 0 aliphatic carbocycles. The molecule has 1 amide bonds. The van der Waals surface area contributed by atoms with E-state index >= 15 is 0 Å². The van der Waals surface area contributed by atoms with Crippen LogP contribution in [0.5, 0.6) is 0 Å². The summed E-state index contributed by atoms with van der Waals surface area (Å²) in [5.74, 6) is 6.58. The fourth-order valence-corrected chi connectivity index (χ4v) is 2.90. The molecule has 1 unspecified atom stereocenters. The highest BCUT2D eigenvalue weighted by Crippen LogP contribution is 2.25. The molecule has 0 aromatic heterocycles. The maximum Gasteiger partial charge on any atom is 0.238 e. The van der Waals surface area contributed by atoms with Crippen molar-refractivity contribution in [3.8, 4) is 0 Å². The zero-order chi connectivity index (χ0) is 14.5. The summed E-state index contributed by atoms with van der Waals surface area (Å²) in [7, 11) is 0. The zero-order valence-electron chi connectivity index (χ0n) is 12.4. The number of carbonyl (C=O) groups is 1. The van der Waals surface area contributed by atoms with Crippen LogP contribution in [0.3, 0.4) is 0 Å². The fraction of sp³-hybridized carbons (Fsp3) is 0.562. The summed E-state index contributed by atoms with van der Waals surface area (Å²) in [5.41, 5.74) is 4.51. The van der Waals surface area contributed by atoms with Gasteiger partial charge in [0.2, 0.25) is 5.91 Å². The van der Waals surface area contributed by atoms with Crippen LogP contribution in [0.25, 0.3) is 0 Å². The van der Waals surface area contributed by atoms with Crippen molar-refractivity contribution >= 4 is 5.91 Å². The van der Waals surface area contributed by atoms with E-state index in [0.29, 0.717) is 6.42 Å². The first-order valence-corrected chi connectivity index (χ1v) is 7.38. The van der Waals surface area contributed by atoms with Gasteiger partial charge < -0.3 is 0 Å². The zero-order valence-corrected chi connectivity index (χ0v) is 12.4. The summed E-state index contributed by atoms with van der Waals surface area (Å²) in [4.78, 5) is 14.0. The summed E-state index contributed by atoms with van der Waals surface area (Å²) in [5, 5.41) is 0. The SMILES string of the molecule is CC(C)C1CCN(Cc2ccccc2CC(=O)NN)C1. The number of nitrogens with zero attached hydrogens (tertiary/aromatic N) is 1. The summed E-state index contributed by atoms with van der Waals surface area (Å²) >= 11 is 0. The third-order valence-corrected chi connectivity index (χ3v) is 4.28. The van der Waals surface area contributed by atoms with Gasteiger partial charge in [-0.05, 0) is 35.9 Å². The minimum Gasteiger partial charge on any atom is -0.299 e. The van der Waals surface area contributed by atoms with Gasteiger partial charge in [-0.2, -0.15) is 0 Å². The predicted octanol–water partition coefficient (Wildman–Crippen LogP) is 1.70. The average molecular weight is 275 g/mol. The van der Waals surface area contributed by atoms with Gasteiger partial charge in [-0.15, -0.1) is 0 Å². The summed E-state index contributed by atoms with van der Waals surface area (Å²) in [6, 6.07) is 8.14. The molecule has 1 aliphatic rings. The second-order valence-electron chi connectivity index (χ2n) is 6.04. The van der Waals surface area contributed by atoms with Gasteiger partial charge in [0.1, 0.15) is 0 Å². The van der Waals surface area contributed by atoms with Gasteiger partial charge in [-0.3, -0.25) is 15.1 Å². The Morgan fingerprint density at radius 3 is 2.70 bits per heavy atom. The van der Waals surface area contributed by atoms with Crippen molar-refractivity contribution in [2.45, 2.75) is 33.2 Å². The number of amides is 1. The molecule has 110 valence electrons. The number of hydrogen-bond acceptors (Lipinski definition) is 3. The Hall–Kier alpha value is -1.39. The van der Waals surface area contributed by atoms with E-state index in [9.17, 15) is 4.79 Å². The molecule has 20 heavy (non-hydrogen) atoms. The van der Waals surface area contributed by atoms with Crippen LogP contribution in [-0.2, 0) is 17.8 Å². The normalized spacial score (nSPS) is 19.5. The molecule has 1 aromatic rings. The highest BCUT2D eigenvalue weighted by Gasteiger charge is 2.25. The highest BCUT2D eigenvalue weighted by atomic mass is 16.2. The molecule has 1 saturated heterocycles. The monoisotopic (exact) mass is 275 g/mol. The first kappa shape index (κ1) is 15.0. The van der Waals surface area contributed by atoms with Crippen LogP contribution in [0.4, 0.5) is 0 Å². The molecular weight excluding hydrogens is 250 g/mol. The van der Waals surface area contributed by atoms with Crippen LogP contribution < -0.4 is 11.3 Å². The minimum atomic E-state index is -0.140. The van der Waals surface area contributed by atoms with Crippen LogP contribution in [0, 0.1) is 11.8 Å². The average Bonchev–Trinajstić information content (AvgIpc) is 2.89. The molecule has 1 atom stereocenters. The Morgan fingerprint density at radius 1 is 1.40 bits per heavy atom. The molecule has 1 aromatic carbocycles. The van der Waals surface area contributed by atoms with Gasteiger partial charge in [-0.1, -0.05) is 38.1 Å².